The van der Waals surface area contributed by atoms with E-state index in [2.05, 4.69) is 0 Å². The van der Waals surface area contributed by atoms with Gasteiger partial charge in [-0.2, -0.15) is 0 Å². The molecule has 2 heterocycles. The van der Waals surface area contributed by atoms with E-state index in [1.165, 1.54) is 33.5 Å². The molecule has 3 aromatic rings. The van der Waals surface area contributed by atoms with Gasteiger partial charge in [0, 0.05) is 35.5 Å². The summed E-state index contributed by atoms with van der Waals surface area (Å²) in [4.78, 5) is 54.1. The zero-order chi connectivity index (χ0) is 30.5. The zero-order valence-corrected chi connectivity index (χ0v) is 24.1. The summed E-state index contributed by atoms with van der Waals surface area (Å²) in [6.07, 6.45) is 0.339. The van der Waals surface area contributed by atoms with E-state index >= 15 is 0 Å². The van der Waals surface area contributed by atoms with Gasteiger partial charge >= 0.3 is 5.97 Å². The van der Waals surface area contributed by atoms with Crippen LogP contribution in [0.15, 0.2) is 51.1 Å². The fraction of sp³-hybridized carbons (Fsp3) is 0.333. The van der Waals surface area contributed by atoms with Gasteiger partial charge in [-0.1, -0.05) is 18.5 Å². The van der Waals surface area contributed by atoms with Gasteiger partial charge in [-0.3, -0.25) is 19.2 Å². The predicted molar refractivity (Wildman–Crippen MR) is 149 cm³/mol. The third-order valence-electron chi connectivity index (χ3n) is 7.84. The number of esters is 1. The second kappa shape index (κ2) is 10.7. The summed E-state index contributed by atoms with van der Waals surface area (Å²) in [6.45, 7) is 1.57. The fourth-order valence-electron chi connectivity index (χ4n) is 5.65. The molecule has 0 saturated carbocycles. The van der Waals surface area contributed by atoms with Crippen LogP contribution in [0.2, 0.25) is 5.02 Å². The first-order valence-electron chi connectivity index (χ1n) is 12.8. The molecular formula is C30H27ClO11. The van der Waals surface area contributed by atoms with E-state index in [0.717, 1.165) is 13.4 Å². The molecular weight excluding hydrogens is 572 g/mol. The number of halogens is 1. The highest BCUT2D eigenvalue weighted by Gasteiger charge is 2.61. The molecule has 3 atom stereocenters. The molecule has 0 fully saturated rings. The summed E-state index contributed by atoms with van der Waals surface area (Å²) in [7, 11) is 5.30. The van der Waals surface area contributed by atoms with Crippen molar-refractivity contribution in [2.24, 2.45) is 5.92 Å². The van der Waals surface area contributed by atoms with Crippen LogP contribution in [0.5, 0.6) is 23.0 Å². The number of ether oxygens (including phenoxy) is 5. The first kappa shape index (κ1) is 29.0. The number of carbonyl (C=O) groups is 3. The monoisotopic (exact) mass is 598 g/mol. The number of allylic oxidation sites excluding steroid dienone is 1. The second-order valence-corrected chi connectivity index (χ2v) is 10.3. The summed E-state index contributed by atoms with van der Waals surface area (Å²) >= 11 is 6.51. The van der Waals surface area contributed by atoms with Crippen molar-refractivity contribution in [1.29, 1.82) is 0 Å². The van der Waals surface area contributed by atoms with Gasteiger partial charge in [0.25, 0.3) is 0 Å². The Morgan fingerprint density at radius 3 is 2.45 bits per heavy atom. The van der Waals surface area contributed by atoms with Crippen molar-refractivity contribution in [2.75, 3.05) is 28.4 Å². The molecule has 1 aliphatic heterocycles. The van der Waals surface area contributed by atoms with Crippen molar-refractivity contribution in [1.82, 2.24) is 0 Å². The maximum Gasteiger partial charge on any atom is 0.306 e. The van der Waals surface area contributed by atoms with Crippen molar-refractivity contribution < 1.29 is 47.6 Å². The van der Waals surface area contributed by atoms with Crippen LogP contribution in [-0.4, -0.2) is 56.7 Å². The lowest BCUT2D eigenvalue weighted by atomic mass is 9.69. The van der Waals surface area contributed by atoms with Gasteiger partial charge in [0.1, 0.15) is 33.4 Å². The van der Waals surface area contributed by atoms with Gasteiger partial charge in [-0.05, 0) is 18.2 Å². The summed E-state index contributed by atoms with van der Waals surface area (Å²) in [5.41, 5.74) is -2.94. The maximum atomic E-state index is 14.1. The summed E-state index contributed by atoms with van der Waals surface area (Å²) < 4.78 is 32.7. The van der Waals surface area contributed by atoms with Gasteiger partial charge in [0.05, 0.1) is 46.5 Å². The van der Waals surface area contributed by atoms with E-state index < -0.39 is 52.6 Å². The van der Waals surface area contributed by atoms with E-state index in [4.69, 9.17) is 39.7 Å². The van der Waals surface area contributed by atoms with Gasteiger partial charge in [-0.15, -0.1) is 0 Å². The van der Waals surface area contributed by atoms with Crippen LogP contribution in [-0.2, 0) is 14.3 Å². The molecule has 5 rings (SSSR count). The predicted octanol–water partition coefficient (Wildman–Crippen LogP) is 4.55. The number of Topliss-reactive ketones (excluding diaryl/α,β-unsaturated/α-hetero) is 2. The first-order valence-corrected chi connectivity index (χ1v) is 13.2. The molecule has 2 aliphatic rings. The minimum atomic E-state index is -2.11. The molecule has 0 saturated heterocycles. The van der Waals surface area contributed by atoms with Crippen molar-refractivity contribution >= 4 is 40.1 Å². The van der Waals surface area contributed by atoms with Crippen LogP contribution in [0.4, 0.5) is 0 Å². The van der Waals surface area contributed by atoms with Crippen molar-refractivity contribution in [3.05, 3.63) is 68.2 Å². The van der Waals surface area contributed by atoms with Crippen LogP contribution in [0.1, 0.15) is 41.6 Å². The number of carbonyl (C=O) groups excluding carboxylic acids is 3. The molecule has 0 amide bonds. The number of rotatable bonds is 7. The highest BCUT2D eigenvalue weighted by Crippen LogP contribution is 2.55. The Labute approximate surface area is 244 Å². The van der Waals surface area contributed by atoms with E-state index in [1.54, 1.807) is 19.1 Å². The van der Waals surface area contributed by atoms with Gasteiger partial charge < -0.3 is 33.2 Å². The molecule has 1 spiro atoms. The maximum absolute atomic E-state index is 14.1. The average Bonchev–Trinajstić information content (AvgIpc) is 3.30. The van der Waals surface area contributed by atoms with Crippen LogP contribution in [0, 0.1) is 5.92 Å². The Bertz CT molecular complexity index is 1740. The van der Waals surface area contributed by atoms with Crippen LogP contribution >= 0.6 is 11.6 Å². The van der Waals surface area contributed by atoms with E-state index in [9.17, 15) is 24.3 Å². The standard InChI is InChI=1S/C30H27ClO11/c1-13-8-18(32)23(28(35)30(13)29(36)24-20(38-3)11-21(39-4)25(31)27(24)42-30)15(10-22(33)40-5)17-12-41-19-7-6-14(37-2)9-16(19)26(17)34/h6-7,9,11-13,15,35H,8,10H2,1-5H3/t13-,15-,30+/m1/s1. The number of aliphatic hydroxyl groups excluding tert-OH is 1. The normalized spacial score (nSPS) is 20.4. The molecule has 42 heavy (non-hydrogen) atoms. The summed E-state index contributed by atoms with van der Waals surface area (Å²) in [5, 5.41) is 12.0. The minimum Gasteiger partial charge on any atom is -0.507 e. The third-order valence-corrected chi connectivity index (χ3v) is 8.20. The van der Waals surface area contributed by atoms with Gasteiger partial charge in [0.2, 0.25) is 11.4 Å². The lowest BCUT2D eigenvalue weighted by Gasteiger charge is -2.38. The average molecular weight is 599 g/mol. The molecule has 1 aliphatic carbocycles. The largest absolute Gasteiger partial charge is 0.507 e. The highest BCUT2D eigenvalue weighted by atomic mass is 35.5. The fourth-order valence-corrected chi connectivity index (χ4v) is 5.91. The van der Waals surface area contributed by atoms with Crippen molar-refractivity contribution in [2.45, 2.75) is 31.3 Å². The van der Waals surface area contributed by atoms with Gasteiger partial charge in [0.15, 0.2) is 22.7 Å². The Morgan fingerprint density at radius 2 is 1.81 bits per heavy atom. The number of methoxy groups -OCH3 is 4. The van der Waals surface area contributed by atoms with Crippen molar-refractivity contribution in [3.8, 4) is 23.0 Å². The lowest BCUT2D eigenvalue weighted by molar-refractivity contribution is -0.140. The molecule has 2 aromatic carbocycles. The summed E-state index contributed by atoms with van der Waals surface area (Å²) in [6, 6.07) is 6.02. The first-order chi connectivity index (χ1) is 20.0. The van der Waals surface area contributed by atoms with Crippen LogP contribution in [0.3, 0.4) is 0 Å². The van der Waals surface area contributed by atoms with Crippen LogP contribution in [0.25, 0.3) is 11.0 Å². The lowest BCUT2D eigenvalue weighted by Crippen LogP contribution is -2.53. The summed E-state index contributed by atoms with van der Waals surface area (Å²) in [5.74, 6) is -4.52. The minimum absolute atomic E-state index is 0.0350. The Morgan fingerprint density at radius 1 is 1.10 bits per heavy atom. The van der Waals surface area contributed by atoms with Crippen LogP contribution < -0.4 is 24.4 Å². The molecule has 1 N–H and O–H groups in total. The van der Waals surface area contributed by atoms with E-state index in [-0.39, 0.29) is 56.4 Å². The SMILES string of the molecule is COC(=O)C[C@@H](C1=C(O)[C@@]2(Oc3c(Cl)c(OC)cc(OC)c3C2=O)[C@H](C)CC1=O)c1coc2ccc(OC)cc2c1=O. The highest BCUT2D eigenvalue weighted by molar-refractivity contribution is 6.35. The molecule has 0 unspecified atom stereocenters. The number of ketones is 2. The second-order valence-electron chi connectivity index (χ2n) is 9.97. The van der Waals surface area contributed by atoms with E-state index in [0.29, 0.717) is 5.75 Å². The Kier molecular flexibility index (Phi) is 7.40. The molecule has 11 nitrogen and oxygen atoms in total. The molecule has 0 bridgehead atoms. The molecule has 12 heteroatoms. The number of hydrogen-bond acceptors (Lipinski definition) is 11. The quantitative estimate of drug-likeness (QED) is 0.382. The topological polar surface area (TPSA) is 148 Å². The third kappa shape index (κ3) is 4.18. The van der Waals surface area contributed by atoms with Gasteiger partial charge in [-0.25, -0.2) is 0 Å². The smallest absolute Gasteiger partial charge is 0.306 e. The number of fused-ring (bicyclic) bond motifs is 2. The Hall–Kier alpha value is -4.51. The number of hydrogen-bond donors (Lipinski definition) is 1. The van der Waals surface area contributed by atoms with E-state index in [1.807, 2.05) is 0 Å². The molecule has 0 radical (unpaired) electrons. The van der Waals surface area contributed by atoms with Crippen molar-refractivity contribution in [3.63, 3.8) is 0 Å². The number of aliphatic hydroxyl groups is 1. The Balaban J connectivity index is 1.76. The molecule has 220 valence electrons. The number of benzene rings is 2. The molecule has 1 aromatic heterocycles. The zero-order valence-electron chi connectivity index (χ0n) is 23.4.